The van der Waals surface area contributed by atoms with Crippen molar-refractivity contribution in [3.05, 3.63) is 28.8 Å². The minimum Gasteiger partial charge on any atom is -0.493 e. The summed E-state index contributed by atoms with van der Waals surface area (Å²) >= 11 is 5.96. The molecule has 1 aromatic carbocycles. The molecule has 1 aliphatic heterocycles. The first-order valence-corrected chi connectivity index (χ1v) is 7.48. The highest BCUT2D eigenvalue weighted by molar-refractivity contribution is 6.31. The average molecular weight is 311 g/mol. The second kappa shape index (κ2) is 7.31. The average Bonchev–Trinajstić information content (AvgIpc) is 2.48. The molecular formula is C15H19ClN2O3. The molecule has 0 bridgehead atoms. The van der Waals surface area contributed by atoms with Gasteiger partial charge in [-0.3, -0.25) is 9.59 Å². The van der Waals surface area contributed by atoms with Crippen molar-refractivity contribution >= 4 is 23.4 Å². The molecule has 0 unspecified atom stereocenters. The number of nitrogens with one attached hydrogen (secondary N) is 2. The van der Waals surface area contributed by atoms with E-state index in [1.165, 1.54) is 0 Å². The number of carbonyl (C=O) groups is 2. The highest BCUT2D eigenvalue weighted by Crippen LogP contribution is 2.23. The molecule has 1 atom stereocenters. The minimum absolute atomic E-state index is 0.0234. The summed E-state index contributed by atoms with van der Waals surface area (Å²) in [5, 5.41) is 6.13. The van der Waals surface area contributed by atoms with Gasteiger partial charge in [0, 0.05) is 24.0 Å². The predicted molar refractivity (Wildman–Crippen MR) is 80.7 cm³/mol. The Balaban J connectivity index is 2.06. The molecule has 21 heavy (non-hydrogen) atoms. The van der Waals surface area contributed by atoms with Gasteiger partial charge in [0.15, 0.2) is 0 Å². The molecule has 1 aromatic rings. The van der Waals surface area contributed by atoms with E-state index in [0.717, 1.165) is 6.42 Å². The van der Waals surface area contributed by atoms with E-state index >= 15 is 0 Å². The smallest absolute Gasteiger partial charge is 0.255 e. The van der Waals surface area contributed by atoms with E-state index in [9.17, 15) is 9.59 Å². The van der Waals surface area contributed by atoms with E-state index in [1.807, 2.05) is 6.92 Å². The largest absolute Gasteiger partial charge is 0.493 e. The fraction of sp³-hybridized carbons (Fsp3) is 0.467. The van der Waals surface area contributed by atoms with Crippen LogP contribution < -0.4 is 15.4 Å². The number of rotatable bonds is 5. The number of carbonyl (C=O) groups excluding carboxylic acids is 2. The Hall–Kier alpha value is -1.75. The molecule has 5 nitrogen and oxygen atoms in total. The van der Waals surface area contributed by atoms with Crippen molar-refractivity contribution in [3.8, 4) is 5.75 Å². The number of ether oxygens (including phenoxy) is 1. The number of benzene rings is 1. The SMILES string of the molecule is CCCOc1ccc(Cl)cc1C(=O)N[C@@H]1CCC(=O)NC1. The molecule has 2 N–H and O–H groups in total. The Morgan fingerprint density at radius 1 is 1.52 bits per heavy atom. The van der Waals surface area contributed by atoms with Gasteiger partial charge in [-0.05, 0) is 31.0 Å². The topological polar surface area (TPSA) is 67.4 Å². The van der Waals surface area contributed by atoms with E-state index in [4.69, 9.17) is 16.3 Å². The normalized spacial score (nSPS) is 18.0. The highest BCUT2D eigenvalue weighted by Gasteiger charge is 2.22. The van der Waals surface area contributed by atoms with Crippen molar-refractivity contribution in [3.63, 3.8) is 0 Å². The molecule has 2 amide bonds. The lowest BCUT2D eigenvalue weighted by atomic mass is 10.1. The Labute approximate surface area is 129 Å². The van der Waals surface area contributed by atoms with Crippen LogP contribution >= 0.6 is 11.6 Å². The summed E-state index contributed by atoms with van der Waals surface area (Å²) in [5.41, 5.74) is 0.424. The van der Waals surface area contributed by atoms with Crippen molar-refractivity contribution in [2.24, 2.45) is 0 Å². The van der Waals surface area contributed by atoms with Gasteiger partial charge in [0.2, 0.25) is 5.91 Å². The van der Waals surface area contributed by atoms with Gasteiger partial charge in [-0.25, -0.2) is 0 Å². The first-order valence-electron chi connectivity index (χ1n) is 7.10. The molecule has 0 aromatic heterocycles. The fourth-order valence-electron chi connectivity index (χ4n) is 2.14. The summed E-state index contributed by atoms with van der Waals surface area (Å²) < 4.78 is 5.58. The Bertz CT molecular complexity index is 524. The van der Waals surface area contributed by atoms with Crippen LogP contribution in [0.5, 0.6) is 5.75 Å². The summed E-state index contributed by atoms with van der Waals surface area (Å²) in [5.74, 6) is 0.318. The Morgan fingerprint density at radius 3 is 3.00 bits per heavy atom. The van der Waals surface area contributed by atoms with Crippen LogP contribution in [0.4, 0.5) is 0 Å². The van der Waals surface area contributed by atoms with Crippen molar-refractivity contribution < 1.29 is 14.3 Å². The molecule has 1 saturated heterocycles. The van der Waals surface area contributed by atoms with Gasteiger partial charge < -0.3 is 15.4 Å². The third kappa shape index (κ3) is 4.36. The molecular weight excluding hydrogens is 292 g/mol. The van der Waals surface area contributed by atoms with E-state index < -0.39 is 0 Å². The van der Waals surface area contributed by atoms with E-state index in [0.29, 0.717) is 42.3 Å². The summed E-state index contributed by atoms with van der Waals surface area (Å²) in [6.07, 6.45) is 1.93. The van der Waals surface area contributed by atoms with Gasteiger partial charge in [-0.2, -0.15) is 0 Å². The van der Waals surface area contributed by atoms with Crippen LogP contribution in [-0.2, 0) is 4.79 Å². The number of piperidine rings is 1. The quantitative estimate of drug-likeness (QED) is 0.875. The third-order valence-corrected chi connectivity index (χ3v) is 3.48. The summed E-state index contributed by atoms with van der Waals surface area (Å²) in [6.45, 7) is 3.00. The molecule has 1 fully saturated rings. The summed E-state index contributed by atoms with van der Waals surface area (Å²) in [7, 11) is 0. The first kappa shape index (κ1) is 15.6. The van der Waals surface area contributed by atoms with Crippen molar-refractivity contribution in [2.75, 3.05) is 13.2 Å². The van der Waals surface area contributed by atoms with Crippen LogP contribution in [0.2, 0.25) is 5.02 Å². The Kier molecular flexibility index (Phi) is 5.44. The molecule has 6 heteroatoms. The lowest BCUT2D eigenvalue weighted by Crippen LogP contribution is -2.47. The Morgan fingerprint density at radius 2 is 2.33 bits per heavy atom. The summed E-state index contributed by atoms with van der Waals surface area (Å²) in [4.78, 5) is 23.5. The number of hydrogen-bond acceptors (Lipinski definition) is 3. The molecule has 0 spiro atoms. The van der Waals surface area contributed by atoms with Gasteiger partial charge in [0.25, 0.3) is 5.91 Å². The van der Waals surface area contributed by atoms with Gasteiger partial charge in [0.05, 0.1) is 12.2 Å². The lowest BCUT2D eigenvalue weighted by molar-refractivity contribution is -0.122. The zero-order valence-electron chi connectivity index (χ0n) is 11.9. The lowest BCUT2D eigenvalue weighted by Gasteiger charge is -2.24. The second-order valence-corrected chi connectivity index (χ2v) is 5.44. The molecule has 2 rings (SSSR count). The standard InChI is InChI=1S/C15H19ClN2O3/c1-2-7-21-13-5-3-10(16)8-12(13)15(20)18-11-4-6-14(19)17-9-11/h3,5,8,11H,2,4,6-7,9H2,1H3,(H,17,19)(H,18,20)/t11-/m1/s1. The summed E-state index contributed by atoms with van der Waals surface area (Å²) in [6, 6.07) is 4.94. The fourth-order valence-corrected chi connectivity index (χ4v) is 2.31. The minimum atomic E-state index is -0.232. The molecule has 1 aliphatic rings. The van der Waals surface area contributed by atoms with E-state index in [2.05, 4.69) is 10.6 Å². The maximum atomic E-state index is 12.4. The van der Waals surface area contributed by atoms with Gasteiger partial charge in [-0.1, -0.05) is 18.5 Å². The molecule has 114 valence electrons. The van der Waals surface area contributed by atoms with Crippen molar-refractivity contribution in [2.45, 2.75) is 32.2 Å². The van der Waals surface area contributed by atoms with Crippen molar-refractivity contribution in [1.82, 2.24) is 10.6 Å². The number of halogens is 1. The van der Waals surface area contributed by atoms with E-state index in [1.54, 1.807) is 18.2 Å². The maximum absolute atomic E-state index is 12.4. The molecule has 0 saturated carbocycles. The van der Waals surface area contributed by atoms with Gasteiger partial charge in [-0.15, -0.1) is 0 Å². The number of hydrogen-bond donors (Lipinski definition) is 2. The number of amides is 2. The maximum Gasteiger partial charge on any atom is 0.255 e. The van der Waals surface area contributed by atoms with Gasteiger partial charge in [0.1, 0.15) is 5.75 Å². The van der Waals surface area contributed by atoms with Crippen LogP contribution in [-0.4, -0.2) is 31.0 Å². The van der Waals surface area contributed by atoms with Crippen LogP contribution in [0, 0.1) is 0 Å². The zero-order valence-corrected chi connectivity index (χ0v) is 12.7. The van der Waals surface area contributed by atoms with Crippen LogP contribution in [0.3, 0.4) is 0 Å². The monoisotopic (exact) mass is 310 g/mol. The second-order valence-electron chi connectivity index (χ2n) is 5.00. The van der Waals surface area contributed by atoms with E-state index in [-0.39, 0.29) is 17.9 Å². The predicted octanol–water partition coefficient (Wildman–Crippen LogP) is 2.14. The van der Waals surface area contributed by atoms with Crippen LogP contribution in [0.1, 0.15) is 36.5 Å². The zero-order chi connectivity index (χ0) is 15.2. The van der Waals surface area contributed by atoms with Gasteiger partial charge >= 0.3 is 0 Å². The molecule has 0 aliphatic carbocycles. The highest BCUT2D eigenvalue weighted by atomic mass is 35.5. The third-order valence-electron chi connectivity index (χ3n) is 3.25. The van der Waals surface area contributed by atoms with Crippen LogP contribution in [0.25, 0.3) is 0 Å². The molecule has 0 radical (unpaired) electrons. The van der Waals surface area contributed by atoms with Crippen LogP contribution in [0.15, 0.2) is 18.2 Å². The molecule has 1 heterocycles. The van der Waals surface area contributed by atoms with Crippen molar-refractivity contribution in [1.29, 1.82) is 0 Å². The first-order chi connectivity index (χ1) is 10.1.